The van der Waals surface area contributed by atoms with Crippen LogP contribution in [0.3, 0.4) is 0 Å². The molecule has 0 radical (unpaired) electrons. The van der Waals surface area contributed by atoms with E-state index in [1.165, 1.54) is 5.56 Å². The molecule has 0 amide bonds. The lowest BCUT2D eigenvalue weighted by Crippen LogP contribution is -1.89. The Morgan fingerprint density at radius 2 is 1.68 bits per heavy atom. The number of ether oxygens (including phenoxy) is 1. The molecule has 2 aromatic carbocycles. The summed E-state index contributed by atoms with van der Waals surface area (Å²) in [4.78, 5) is 0. The smallest absolute Gasteiger partial charge is 0.118 e. The predicted molar refractivity (Wildman–Crippen MR) is 81.4 cm³/mol. The van der Waals surface area contributed by atoms with Crippen LogP contribution in [0.25, 0.3) is 6.08 Å². The summed E-state index contributed by atoms with van der Waals surface area (Å²) in [5, 5.41) is 0. The third-order valence-electron chi connectivity index (χ3n) is 3.05. The Balaban J connectivity index is 2.13. The lowest BCUT2D eigenvalue weighted by molar-refractivity contribution is 0.415. The Hall–Kier alpha value is -2.28. The Morgan fingerprint density at radius 1 is 1.00 bits per heavy atom. The van der Waals surface area contributed by atoms with Crippen LogP contribution >= 0.6 is 0 Å². The van der Waals surface area contributed by atoms with Crippen molar-refractivity contribution in [3.8, 4) is 5.75 Å². The van der Waals surface area contributed by atoms with Crippen LogP contribution in [0, 0.1) is 0 Å². The van der Waals surface area contributed by atoms with Crippen molar-refractivity contribution in [2.24, 2.45) is 0 Å². The molecule has 1 unspecified atom stereocenters. The highest BCUT2D eigenvalue weighted by atomic mass is 16.5. The van der Waals surface area contributed by atoms with Crippen LogP contribution in [-0.4, -0.2) is 7.11 Å². The maximum absolute atomic E-state index is 5.14. The van der Waals surface area contributed by atoms with E-state index in [2.05, 4.69) is 30.9 Å². The first-order chi connectivity index (χ1) is 9.33. The van der Waals surface area contributed by atoms with Crippen molar-refractivity contribution >= 4 is 6.08 Å². The maximum Gasteiger partial charge on any atom is 0.118 e. The molecule has 1 nitrogen and oxygen atoms in total. The fourth-order valence-electron chi connectivity index (χ4n) is 1.93. The van der Waals surface area contributed by atoms with Gasteiger partial charge in [0.25, 0.3) is 0 Å². The molecule has 0 fully saturated rings. The standard InChI is InChI=1S/C18H18O/c1-3-16(17-7-5-4-6-8-17)12-9-15-10-13-18(19-2)14-11-15/h3-14,16H,1H2,2H3/b12-9+. The monoisotopic (exact) mass is 250 g/mol. The van der Waals surface area contributed by atoms with Crippen LogP contribution < -0.4 is 4.74 Å². The van der Waals surface area contributed by atoms with Crippen molar-refractivity contribution < 1.29 is 4.74 Å². The predicted octanol–water partition coefficient (Wildman–Crippen LogP) is 4.68. The molecule has 19 heavy (non-hydrogen) atoms. The van der Waals surface area contributed by atoms with Gasteiger partial charge in [-0.2, -0.15) is 0 Å². The minimum atomic E-state index is 0.239. The van der Waals surface area contributed by atoms with Crippen LogP contribution in [0.4, 0.5) is 0 Å². The lowest BCUT2D eigenvalue weighted by Gasteiger charge is -2.07. The first-order valence-corrected chi connectivity index (χ1v) is 6.33. The van der Waals surface area contributed by atoms with Crippen LogP contribution in [-0.2, 0) is 0 Å². The highest BCUT2D eigenvalue weighted by molar-refractivity contribution is 5.52. The van der Waals surface area contributed by atoms with Gasteiger partial charge in [-0.1, -0.05) is 60.7 Å². The molecule has 0 aliphatic rings. The Bertz CT molecular complexity index is 538. The fraction of sp³-hybridized carbons (Fsp3) is 0.111. The largest absolute Gasteiger partial charge is 0.497 e. The summed E-state index contributed by atoms with van der Waals surface area (Å²) in [6.45, 7) is 3.91. The molecule has 0 aliphatic carbocycles. The molecule has 0 heterocycles. The first-order valence-electron chi connectivity index (χ1n) is 6.33. The van der Waals surface area contributed by atoms with Gasteiger partial charge in [0.2, 0.25) is 0 Å². The molecule has 2 aromatic rings. The van der Waals surface area contributed by atoms with Crippen LogP contribution in [0.1, 0.15) is 17.0 Å². The van der Waals surface area contributed by atoms with Crippen molar-refractivity contribution in [2.75, 3.05) is 7.11 Å². The zero-order valence-corrected chi connectivity index (χ0v) is 11.1. The van der Waals surface area contributed by atoms with Gasteiger partial charge in [0, 0.05) is 5.92 Å². The Morgan fingerprint density at radius 3 is 2.26 bits per heavy atom. The molecule has 0 aromatic heterocycles. The molecule has 0 spiro atoms. The second-order valence-electron chi connectivity index (χ2n) is 4.30. The summed E-state index contributed by atoms with van der Waals surface area (Å²) in [5.74, 6) is 1.11. The van der Waals surface area contributed by atoms with E-state index >= 15 is 0 Å². The van der Waals surface area contributed by atoms with Crippen molar-refractivity contribution in [3.05, 3.63) is 84.5 Å². The summed E-state index contributed by atoms with van der Waals surface area (Å²) in [6.07, 6.45) is 6.22. The van der Waals surface area contributed by atoms with E-state index in [0.29, 0.717) is 0 Å². The van der Waals surface area contributed by atoms with Gasteiger partial charge in [-0.05, 0) is 23.3 Å². The van der Waals surface area contributed by atoms with E-state index in [1.807, 2.05) is 48.5 Å². The van der Waals surface area contributed by atoms with E-state index in [0.717, 1.165) is 11.3 Å². The normalized spacial score (nSPS) is 12.3. The maximum atomic E-state index is 5.14. The van der Waals surface area contributed by atoms with Gasteiger partial charge in [0.1, 0.15) is 5.75 Å². The van der Waals surface area contributed by atoms with Gasteiger partial charge in [0.05, 0.1) is 7.11 Å². The number of allylic oxidation sites excluding steroid dienone is 2. The summed E-state index contributed by atoms with van der Waals surface area (Å²) >= 11 is 0. The van der Waals surface area contributed by atoms with Gasteiger partial charge in [-0.3, -0.25) is 0 Å². The highest BCUT2D eigenvalue weighted by Gasteiger charge is 2.01. The zero-order valence-electron chi connectivity index (χ0n) is 11.1. The first kappa shape index (κ1) is 13.2. The van der Waals surface area contributed by atoms with Crippen molar-refractivity contribution in [2.45, 2.75) is 5.92 Å². The molecule has 1 atom stereocenters. The summed E-state index contributed by atoms with van der Waals surface area (Å²) < 4.78 is 5.14. The van der Waals surface area contributed by atoms with Gasteiger partial charge in [0.15, 0.2) is 0 Å². The SMILES string of the molecule is C=CC(/C=C/c1ccc(OC)cc1)c1ccccc1. The minimum Gasteiger partial charge on any atom is -0.497 e. The molecule has 2 rings (SSSR count). The third kappa shape index (κ3) is 3.59. The molecule has 0 N–H and O–H groups in total. The number of hydrogen-bond acceptors (Lipinski definition) is 1. The molecular weight excluding hydrogens is 232 g/mol. The molecular formula is C18H18O. The molecule has 0 aliphatic heterocycles. The van der Waals surface area contributed by atoms with E-state index in [1.54, 1.807) is 7.11 Å². The van der Waals surface area contributed by atoms with Gasteiger partial charge in [-0.15, -0.1) is 6.58 Å². The lowest BCUT2D eigenvalue weighted by atomic mass is 9.98. The van der Waals surface area contributed by atoms with Crippen LogP contribution in [0.5, 0.6) is 5.75 Å². The zero-order chi connectivity index (χ0) is 13.5. The second-order valence-corrected chi connectivity index (χ2v) is 4.30. The Kier molecular flexibility index (Phi) is 4.57. The molecule has 96 valence electrons. The molecule has 1 heteroatoms. The van der Waals surface area contributed by atoms with Crippen molar-refractivity contribution in [3.63, 3.8) is 0 Å². The highest BCUT2D eigenvalue weighted by Crippen LogP contribution is 2.20. The van der Waals surface area contributed by atoms with E-state index in [4.69, 9.17) is 4.74 Å². The topological polar surface area (TPSA) is 9.23 Å². The molecule has 0 saturated heterocycles. The summed E-state index contributed by atoms with van der Waals surface area (Å²) in [6, 6.07) is 18.4. The van der Waals surface area contributed by atoms with Gasteiger partial charge >= 0.3 is 0 Å². The van der Waals surface area contributed by atoms with Gasteiger partial charge in [-0.25, -0.2) is 0 Å². The average molecular weight is 250 g/mol. The van der Waals surface area contributed by atoms with Gasteiger partial charge < -0.3 is 4.74 Å². The third-order valence-corrected chi connectivity index (χ3v) is 3.05. The quantitative estimate of drug-likeness (QED) is 0.700. The Labute approximate surface area is 114 Å². The van der Waals surface area contributed by atoms with E-state index in [-0.39, 0.29) is 5.92 Å². The minimum absolute atomic E-state index is 0.239. The summed E-state index contributed by atoms with van der Waals surface area (Å²) in [7, 11) is 1.67. The molecule has 0 saturated carbocycles. The molecule has 0 bridgehead atoms. The van der Waals surface area contributed by atoms with Crippen LogP contribution in [0.2, 0.25) is 0 Å². The number of methoxy groups -OCH3 is 1. The fourth-order valence-corrected chi connectivity index (χ4v) is 1.93. The van der Waals surface area contributed by atoms with E-state index < -0.39 is 0 Å². The van der Waals surface area contributed by atoms with Crippen LogP contribution in [0.15, 0.2) is 73.3 Å². The number of rotatable bonds is 5. The van der Waals surface area contributed by atoms with Crippen molar-refractivity contribution in [1.82, 2.24) is 0 Å². The summed E-state index contributed by atoms with van der Waals surface area (Å²) in [5.41, 5.74) is 2.41. The van der Waals surface area contributed by atoms with E-state index in [9.17, 15) is 0 Å². The second kappa shape index (κ2) is 6.60. The number of benzene rings is 2. The average Bonchev–Trinajstić information content (AvgIpc) is 2.49. The number of hydrogen-bond donors (Lipinski definition) is 0. The van der Waals surface area contributed by atoms with Crippen molar-refractivity contribution in [1.29, 1.82) is 0 Å².